The third-order valence-corrected chi connectivity index (χ3v) is 13.2. The van der Waals surface area contributed by atoms with Crippen LogP contribution < -0.4 is 19.8 Å². The minimum absolute atomic E-state index is 0.00223. The molecule has 3 aromatic carbocycles. The maximum atomic E-state index is 13.9. The third-order valence-electron chi connectivity index (χ3n) is 9.62. The molecule has 4 aromatic rings. The Hall–Kier alpha value is -3.28. The van der Waals surface area contributed by atoms with E-state index in [4.69, 9.17) is 39.5 Å². The van der Waals surface area contributed by atoms with Crippen molar-refractivity contribution in [3.63, 3.8) is 0 Å². The number of aromatic nitrogens is 1. The molecule has 2 saturated carbocycles. The van der Waals surface area contributed by atoms with Gasteiger partial charge in [-0.15, -0.1) is 11.8 Å². The first kappa shape index (κ1) is 30.1. The minimum Gasteiger partial charge on any atom is -0.484 e. The molecule has 8 rings (SSSR count). The zero-order chi connectivity index (χ0) is 31.9. The number of ether oxygens (including phenoxy) is 1. The van der Waals surface area contributed by atoms with Gasteiger partial charge in [0.2, 0.25) is 11.8 Å². The number of imide groups is 1. The summed E-state index contributed by atoms with van der Waals surface area (Å²) in [4.78, 5) is 58.0. The van der Waals surface area contributed by atoms with Gasteiger partial charge in [-0.1, -0.05) is 58.3 Å². The van der Waals surface area contributed by atoms with E-state index >= 15 is 0 Å². The topological polar surface area (TPSA) is 109 Å². The quantitative estimate of drug-likeness (QED) is 0.207. The molecule has 1 saturated heterocycles. The van der Waals surface area contributed by atoms with E-state index in [9.17, 15) is 19.2 Å². The van der Waals surface area contributed by atoms with E-state index in [0.717, 1.165) is 21.9 Å². The molecule has 3 fully saturated rings. The van der Waals surface area contributed by atoms with Crippen LogP contribution in [0.1, 0.15) is 22.8 Å². The number of nitrogens with one attached hydrogen (secondary N) is 2. The lowest BCUT2D eigenvalue weighted by atomic mass is 9.68. The zero-order valence-corrected chi connectivity index (χ0v) is 27.6. The van der Waals surface area contributed by atoms with Gasteiger partial charge in [0, 0.05) is 26.8 Å². The molecule has 4 aliphatic rings. The monoisotopic (exact) mass is 711 g/mol. The normalized spacial score (nSPS) is 27.4. The molecular weight excluding hydrogens is 689 g/mol. The van der Waals surface area contributed by atoms with Crippen LogP contribution >= 0.6 is 57.9 Å². The van der Waals surface area contributed by atoms with Crippen LogP contribution in [0.15, 0.2) is 76.6 Å². The van der Waals surface area contributed by atoms with Crippen molar-refractivity contribution in [3.8, 4) is 5.75 Å². The number of amides is 3. The fraction of sp³-hybridized carbons (Fsp3) is 0.273. The molecule has 8 nitrogen and oxygen atoms in total. The fourth-order valence-electron chi connectivity index (χ4n) is 7.93. The average Bonchev–Trinajstić information content (AvgIpc) is 3.78. The summed E-state index contributed by atoms with van der Waals surface area (Å²) in [5, 5.41) is 4.93. The van der Waals surface area contributed by atoms with Crippen LogP contribution in [-0.4, -0.2) is 34.6 Å². The van der Waals surface area contributed by atoms with E-state index in [1.54, 1.807) is 54.2 Å². The molecule has 0 radical (unpaired) electrons. The lowest BCUT2D eigenvalue weighted by Crippen LogP contribution is -2.42. The summed E-state index contributed by atoms with van der Waals surface area (Å²) < 4.78 is 5.77. The van der Waals surface area contributed by atoms with Gasteiger partial charge in [-0.3, -0.25) is 24.1 Å². The van der Waals surface area contributed by atoms with Crippen molar-refractivity contribution in [1.82, 2.24) is 4.98 Å². The minimum atomic E-state index is -0.397. The number of anilines is 2. The molecule has 7 atom stereocenters. The number of rotatable bonds is 6. The molecule has 46 heavy (non-hydrogen) atoms. The van der Waals surface area contributed by atoms with Crippen molar-refractivity contribution in [2.75, 3.05) is 16.8 Å². The van der Waals surface area contributed by atoms with Gasteiger partial charge in [0.15, 0.2) is 6.61 Å². The zero-order valence-electron chi connectivity index (χ0n) is 23.7. The summed E-state index contributed by atoms with van der Waals surface area (Å²) in [5.41, 5.74) is 2.05. The summed E-state index contributed by atoms with van der Waals surface area (Å²) >= 11 is 20.9. The van der Waals surface area contributed by atoms with E-state index in [1.165, 1.54) is 16.2 Å². The number of aromatic amines is 1. The lowest BCUT2D eigenvalue weighted by Gasteiger charge is -2.43. The maximum absolute atomic E-state index is 13.9. The number of halogens is 3. The predicted octanol–water partition coefficient (Wildman–Crippen LogP) is 7.09. The molecule has 2 aliphatic carbocycles. The van der Waals surface area contributed by atoms with Gasteiger partial charge in [0.1, 0.15) is 5.75 Å². The smallest absolute Gasteiger partial charge is 0.305 e. The number of benzene rings is 3. The molecule has 6 unspecified atom stereocenters. The largest absolute Gasteiger partial charge is 0.484 e. The highest BCUT2D eigenvalue weighted by atomic mass is 35.5. The van der Waals surface area contributed by atoms with Crippen molar-refractivity contribution >= 4 is 87.0 Å². The second-order valence-electron chi connectivity index (χ2n) is 12.0. The molecule has 2 bridgehead atoms. The summed E-state index contributed by atoms with van der Waals surface area (Å²) in [6.07, 6.45) is 0.800. The fourth-order valence-corrected chi connectivity index (χ4v) is 11.2. The Bertz CT molecular complexity index is 1960. The third kappa shape index (κ3) is 4.88. The number of hydrogen-bond donors (Lipinski definition) is 2. The number of fused-ring (bicyclic) bond motifs is 9. The Morgan fingerprint density at radius 3 is 2.35 bits per heavy atom. The van der Waals surface area contributed by atoms with Crippen LogP contribution in [0.2, 0.25) is 15.1 Å². The van der Waals surface area contributed by atoms with Gasteiger partial charge in [-0.05, 0) is 84.3 Å². The highest BCUT2D eigenvalue weighted by molar-refractivity contribution is 8.00. The molecule has 13 heteroatoms. The summed E-state index contributed by atoms with van der Waals surface area (Å²) in [5.74, 6) is -0.935. The van der Waals surface area contributed by atoms with Gasteiger partial charge in [-0.25, -0.2) is 0 Å². The molecule has 2 aliphatic heterocycles. The molecule has 3 amide bonds. The van der Waals surface area contributed by atoms with Crippen molar-refractivity contribution in [2.45, 2.75) is 22.6 Å². The number of carbonyl (C=O) groups excluding carboxylic acids is 3. The van der Waals surface area contributed by atoms with Gasteiger partial charge >= 0.3 is 4.87 Å². The van der Waals surface area contributed by atoms with Crippen molar-refractivity contribution in [2.24, 2.45) is 29.6 Å². The van der Waals surface area contributed by atoms with E-state index in [-0.39, 0.29) is 64.0 Å². The number of hydrogen-bond acceptors (Lipinski definition) is 7. The Morgan fingerprint density at radius 1 is 0.913 bits per heavy atom. The molecule has 1 aromatic heterocycles. The Kier molecular flexibility index (Phi) is 7.49. The number of H-pyrrole nitrogens is 1. The van der Waals surface area contributed by atoms with Crippen LogP contribution in [0.3, 0.4) is 0 Å². The van der Waals surface area contributed by atoms with Gasteiger partial charge < -0.3 is 15.0 Å². The van der Waals surface area contributed by atoms with Crippen LogP contribution in [0.5, 0.6) is 5.75 Å². The molecule has 2 N–H and O–H groups in total. The second-order valence-corrected chi connectivity index (χ2v) is 15.4. The number of thioether (sulfide) groups is 1. The Balaban J connectivity index is 1.04. The van der Waals surface area contributed by atoms with Crippen LogP contribution in [-0.2, 0) is 14.4 Å². The molecule has 234 valence electrons. The van der Waals surface area contributed by atoms with Crippen molar-refractivity contribution in [3.05, 3.63) is 102 Å². The number of carbonyl (C=O) groups is 3. The van der Waals surface area contributed by atoms with E-state index in [1.807, 2.05) is 24.3 Å². The van der Waals surface area contributed by atoms with Crippen LogP contribution in [0.4, 0.5) is 11.4 Å². The standard InChI is InChI=1S/C33H24Cl3N3O5S2/c34-15-3-6-17(7-4-15)39-31(41)26-19-12-20(27(26)32(39)42)28-25(19)24(29-30(45-28)38-33(43)46-29)14-1-8-18(9-2-14)44-13-23(40)37-16-5-10-21(35)22(36)11-16/h1-11,19-20,24-28H,12-13H2,(H,37,40)(H,38,43)/t19?,20?,24-,25?,26?,27?,28?/m1/s1. The summed E-state index contributed by atoms with van der Waals surface area (Å²) in [6, 6.07) is 19.2. The molecule has 3 heterocycles. The van der Waals surface area contributed by atoms with Gasteiger partial charge in [0.05, 0.1) is 32.6 Å². The second kappa shape index (κ2) is 11.5. The van der Waals surface area contributed by atoms with E-state index < -0.39 is 5.92 Å². The van der Waals surface area contributed by atoms with Gasteiger partial charge in [-0.2, -0.15) is 0 Å². The predicted molar refractivity (Wildman–Crippen MR) is 179 cm³/mol. The van der Waals surface area contributed by atoms with Crippen molar-refractivity contribution in [1.29, 1.82) is 0 Å². The first-order valence-electron chi connectivity index (χ1n) is 14.7. The lowest BCUT2D eigenvalue weighted by molar-refractivity contribution is -0.123. The maximum Gasteiger partial charge on any atom is 0.305 e. The van der Waals surface area contributed by atoms with Crippen molar-refractivity contribution < 1.29 is 19.1 Å². The summed E-state index contributed by atoms with van der Waals surface area (Å²) in [6.45, 7) is -0.207. The number of nitrogens with zero attached hydrogens (tertiary/aromatic N) is 1. The first-order valence-corrected chi connectivity index (χ1v) is 17.5. The highest BCUT2D eigenvalue weighted by Crippen LogP contribution is 2.68. The highest BCUT2D eigenvalue weighted by Gasteiger charge is 2.69. The van der Waals surface area contributed by atoms with E-state index in [0.29, 0.717) is 32.2 Å². The first-order chi connectivity index (χ1) is 22.2. The average molecular weight is 713 g/mol. The molecule has 0 spiro atoms. The SMILES string of the molecule is O=C(COc1ccc([C@H]2c3sc(=O)[nH]c3SC3C4CC(C5C(=O)N(c6ccc(Cl)cc6)C(=O)C45)C32)cc1)Nc1ccc(Cl)c(Cl)c1. The van der Waals surface area contributed by atoms with E-state index in [2.05, 4.69) is 10.3 Å². The summed E-state index contributed by atoms with van der Waals surface area (Å²) in [7, 11) is 0. The van der Waals surface area contributed by atoms with Crippen LogP contribution in [0.25, 0.3) is 0 Å². The molecular formula is C33H24Cl3N3O5S2. The Labute approximate surface area is 286 Å². The Morgan fingerprint density at radius 2 is 1.63 bits per heavy atom. The van der Waals surface area contributed by atoms with Crippen LogP contribution in [0, 0.1) is 29.6 Å². The van der Waals surface area contributed by atoms with Gasteiger partial charge in [0.25, 0.3) is 5.91 Å². The number of thiazole rings is 1.